The molecule has 2 aliphatic rings. The van der Waals surface area contributed by atoms with Crippen molar-refractivity contribution in [3.05, 3.63) is 53.1 Å². The molecular weight excluding hydrogens is 320 g/mol. The minimum Gasteiger partial charge on any atom is -0.383 e. The zero-order valence-corrected chi connectivity index (χ0v) is 16.2. The number of rotatable bonds is 4. The fourth-order valence-electron chi connectivity index (χ4n) is 4.04. The molecule has 0 bridgehead atoms. The second-order valence-corrected chi connectivity index (χ2v) is 7.82. The van der Waals surface area contributed by atoms with Gasteiger partial charge in [0, 0.05) is 55.8 Å². The summed E-state index contributed by atoms with van der Waals surface area (Å²) in [6, 6.07) is 13.9. The number of piperazine rings is 1. The summed E-state index contributed by atoms with van der Waals surface area (Å²) in [5, 5.41) is 7.39. The van der Waals surface area contributed by atoms with Crippen LogP contribution in [0.5, 0.6) is 0 Å². The number of hydrogen-bond donors (Lipinski definition) is 2. The highest BCUT2D eigenvalue weighted by Gasteiger charge is 2.21. The summed E-state index contributed by atoms with van der Waals surface area (Å²) in [5.41, 5.74) is 8.04. The van der Waals surface area contributed by atoms with Crippen LogP contribution in [-0.2, 0) is 6.42 Å². The van der Waals surface area contributed by atoms with Crippen LogP contribution in [0.3, 0.4) is 0 Å². The van der Waals surface area contributed by atoms with Gasteiger partial charge in [-0.3, -0.25) is 0 Å². The van der Waals surface area contributed by atoms with Crippen LogP contribution in [0, 0.1) is 13.8 Å². The number of aryl methyl sites for hydroxylation is 2. The van der Waals surface area contributed by atoms with E-state index in [0.29, 0.717) is 6.04 Å². The zero-order chi connectivity index (χ0) is 18.1. The summed E-state index contributed by atoms with van der Waals surface area (Å²) in [4.78, 5) is 4.90. The molecule has 138 valence electrons. The fraction of sp³-hybridized carbons (Fsp3) is 0.455. The van der Waals surface area contributed by atoms with Gasteiger partial charge in [0.05, 0.1) is 0 Å². The molecule has 1 unspecified atom stereocenters. The highest BCUT2D eigenvalue weighted by Crippen LogP contribution is 2.30. The van der Waals surface area contributed by atoms with Gasteiger partial charge in [0.25, 0.3) is 0 Å². The number of benzene rings is 2. The van der Waals surface area contributed by atoms with Crippen LogP contribution >= 0.6 is 0 Å². The van der Waals surface area contributed by atoms with E-state index < -0.39 is 0 Å². The van der Waals surface area contributed by atoms with Gasteiger partial charge in [-0.2, -0.15) is 0 Å². The second kappa shape index (κ2) is 7.20. The van der Waals surface area contributed by atoms with Crippen LogP contribution in [0.2, 0.25) is 0 Å². The molecule has 4 heteroatoms. The SMILES string of the molecule is Cc1ccc(N2CCN(C)CC2)cc1NCC1Cc2cccc(C)c2N1. The Morgan fingerprint density at radius 1 is 1.04 bits per heavy atom. The van der Waals surface area contributed by atoms with Crippen LogP contribution in [0.4, 0.5) is 17.1 Å². The molecule has 0 saturated carbocycles. The fourth-order valence-corrected chi connectivity index (χ4v) is 4.04. The molecule has 4 nitrogen and oxygen atoms in total. The maximum absolute atomic E-state index is 3.70. The lowest BCUT2D eigenvalue weighted by molar-refractivity contribution is 0.313. The summed E-state index contributed by atoms with van der Waals surface area (Å²) in [6.07, 6.45) is 1.10. The highest BCUT2D eigenvalue weighted by atomic mass is 15.2. The van der Waals surface area contributed by atoms with Gasteiger partial charge >= 0.3 is 0 Å². The number of para-hydroxylation sites is 1. The third-order valence-corrected chi connectivity index (χ3v) is 5.80. The molecule has 4 rings (SSSR count). The normalized spacial score (nSPS) is 20.0. The number of fused-ring (bicyclic) bond motifs is 1. The van der Waals surface area contributed by atoms with Crippen molar-refractivity contribution in [2.24, 2.45) is 0 Å². The van der Waals surface area contributed by atoms with E-state index in [9.17, 15) is 0 Å². The third-order valence-electron chi connectivity index (χ3n) is 5.80. The van der Waals surface area contributed by atoms with Gasteiger partial charge in [0.2, 0.25) is 0 Å². The number of nitrogens with one attached hydrogen (secondary N) is 2. The topological polar surface area (TPSA) is 30.5 Å². The Kier molecular flexibility index (Phi) is 4.77. The van der Waals surface area contributed by atoms with Gasteiger partial charge in [0.15, 0.2) is 0 Å². The lowest BCUT2D eigenvalue weighted by atomic mass is 10.1. The zero-order valence-electron chi connectivity index (χ0n) is 16.2. The Morgan fingerprint density at radius 2 is 1.85 bits per heavy atom. The summed E-state index contributed by atoms with van der Waals surface area (Å²) in [7, 11) is 2.20. The molecule has 2 N–H and O–H groups in total. The molecule has 0 aromatic heterocycles. The van der Waals surface area contributed by atoms with Crippen molar-refractivity contribution in [2.45, 2.75) is 26.3 Å². The van der Waals surface area contributed by atoms with Crippen molar-refractivity contribution in [3.8, 4) is 0 Å². The quantitative estimate of drug-likeness (QED) is 0.883. The first kappa shape index (κ1) is 17.2. The van der Waals surface area contributed by atoms with Crippen molar-refractivity contribution in [1.82, 2.24) is 4.90 Å². The van der Waals surface area contributed by atoms with E-state index in [0.717, 1.165) is 39.1 Å². The summed E-state index contributed by atoms with van der Waals surface area (Å²) >= 11 is 0. The van der Waals surface area contributed by atoms with Gasteiger partial charge in [0.1, 0.15) is 0 Å². The van der Waals surface area contributed by atoms with Crippen LogP contribution in [-0.4, -0.2) is 50.7 Å². The predicted molar refractivity (Wildman–Crippen MR) is 112 cm³/mol. The Labute approximate surface area is 157 Å². The molecule has 0 radical (unpaired) electrons. The average molecular weight is 351 g/mol. The Hall–Kier alpha value is -2.20. The molecule has 1 atom stereocenters. The second-order valence-electron chi connectivity index (χ2n) is 7.82. The maximum Gasteiger partial charge on any atom is 0.0475 e. The van der Waals surface area contributed by atoms with Crippen LogP contribution in [0.15, 0.2) is 36.4 Å². The van der Waals surface area contributed by atoms with Gasteiger partial charge in [-0.25, -0.2) is 0 Å². The average Bonchev–Trinajstić information content (AvgIpc) is 3.06. The van der Waals surface area contributed by atoms with E-state index in [2.05, 4.69) is 77.7 Å². The van der Waals surface area contributed by atoms with E-state index in [1.165, 1.54) is 33.8 Å². The largest absolute Gasteiger partial charge is 0.383 e. The Bertz CT molecular complexity index is 778. The highest BCUT2D eigenvalue weighted by molar-refractivity contribution is 5.64. The van der Waals surface area contributed by atoms with Crippen LogP contribution in [0.25, 0.3) is 0 Å². The molecule has 2 aromatic carbocycles. The van der Waals surface area contributed by atoms with Gasteiger partial charge < -0.3 is 20.4 Å². The molecule has 0 spiro atoms. The number of anilines is 3. The standard InChI is InChI=1S/C22H30N4/c1-16-7-8-20(26-11-9-25(3)10-12-26)14-21(16)23-15-19-13-18-6-4-5-17(2)22(18)24-19/h4-8,14,19,23-24H,9-13,15H2,1-3H3. The maximum atomic E-state index is 3.70. The predicted octanol–water partition coefficient (Wildman–Crippen LogP) is 3.50. The third kappa shape index (κ3) is 3.51. The number of hydrogen-bond acceptors (Lipinski definition) is 4. The molecule has 1 saturated heterocycles. The van der Waals surface area contributed by atoms with Crippen LogP contribution < -0.4 is 15.5 Å². The molecule has 1 fully saturated rings. The molecule has 0 aliphatic carbocycles. The van der Waals surface area contributed by atoms with E-state index in [4.69, 9.17) is 0 Å². The van der Waals surface area contributed by atoms with Crippen molar-refractivity contribution in [2.75, 3.05) is 55.3 Å². The van der Waals surface area contributed by atoms with Crippen molar-refractivity contribution in [1.29, 1.82) is 0 Å². The summed E-state index contributed by atoms with van der Waals surface area (Å²) in [5.74, 6) is 0. The summed E-state index contributed by atoms with van der Waals surface area (Å²) in [6.45, 7) is 9.82. The Morgan fingerprint density at radius 3 is 2.62 bits per heavy atom. The first-order chi connectivity index (χ1) is 12.6. The molecule has 26 heavy (non-hydrogen) atoms. The lowest BCUT2D eigenvalue weighted by Crippen LogP contribution is -2.44. The minimum absolute atomic E-state index is 0.456. The van der Waals surface area contributed by atoms with E-state index in [-0.39, 0.29) is 0 Å². The Balaban J connectivity index is 1.41. The van der Waals surface area contributed by atoms with Crippen molar-refractivity contribution < 1.29 is 0 Å². The molecule has 0 amide bonds. The molecule has 2 aromatic rings. The summed E-state index contributed by atoms with van der Waals surface area (Å²) < 4.78 is 0. The minimum atomic E-state index is 0.456. The smallest absolute Gasteiger partial charge is 0.0475 e. The number of nitrogens with zero attached hydrogens (tertiary/aromatic N) is 2. The van der Waals surface area contributed by atoms with Crippen molar-refractivity contribution in [3.63, 3.8) is 0 Å². The van der Waals surface area contributed by atoms with E-state index >= 15 is 0 Å². The molecule has 2 heterocycles. The van der Waals surface area contributed by atoms with Gasteiger partial charge in [-0.05, 0) is 56.1 Å². The number of likely N-dealkylation sites (N-methyl/N-ethyl adjacent to an activating group) is 1. The first-order valence-electron chi connectivity index (χ1n) is 9.73. The van der Waals surface area contributed by atoms with E-state index in [1.807, 2.05) is 0 Å². The van der Waals surface area contributed by atoms with Gasteiger partial charge in [-0.1, -0.05) is 24.3 Å². The first-order valence-corrected chi connectivity index (χ1v) is 9.73. The lowest BCUT2D eigenvalue weighted by Gasteiger charge is -2.34. The van der Waals surface area contributed by atoms with Crippen molar-refractivity contribution >= 4 is 17.1 Å². The molecule has 2 aliphatic heterocycles. The van der Waals surface area contributed by atoms with E-state index in [1.54, 1.807) is 0 Å². The monoisotopic (exact) mass is 350 g/mol. The van der Waals surface area contributed by atoms with Crippen LogP contribution in [0.1, 0.15) is 16.7 Å². The molecular formula is C22H30N4. The van der Waals surface area contributed by atoms with Gasteiger partial charge in [-0.15, -0.1) is 0 Å².